The van der Waals surface area contributed by atoms with Gasteiger partial charge in [0.05, 0.1) is 19.8 Å². The van der Waals surface area contributed by atoms with Crippen LogP contribution >= 0.6 is 0 Å². The van der Waals surface area contributed by atoms with E-state index in [0.29, 0.717) is 22.8 Å². The number of hydrogen-bond acceptors (Lipinski definition) is 4. The Hall–Kier alpha value is -2.23. The van der Waals surface area contributed by atoms with Gasteiger partial charge in [-0.3, -0.25) is 0 Å². The lowest BCUT2D eigenvalue weighted by Gasteiger charge is -2.09. The van der Waals surface area contributed by atoms with E-state index >= 15 is 0 Å². The van der Waals surface area contributed by atoms with Gasteiger partial charge in [0.25, 0.3) is 5.95 Å². The average molecular weight is 260 g/mol. The number of ether oxygens (including phenoxy) is 2. The van der Waals surface area contributed by atoms with Crippen LogP contribution < -0.4 is 4.74 Å². The zero-order valence-corrected chi connectivity index (χ0v) is 11.4. The molecular weight excluding hydrogens is 244 g/mol. The number of rotatable bonds is 3. The number of benzene rings is 1. The van der Waals surface area contributed by atoms with E-state index in [1.807, 2.05) is 26.0 Å². The lowest BCUT2D eigenvalue weighted by Crippen LogP contribution is -2.04. The number of hydrogen-bond donors (Lipinski definition) is 0. The molecule has 2 aromatic rings. The molecule has 0 spiro atoms. The maximum Gasteiger partial charge on any atom is 0.338 e. The standard InChI is InChI=1S/C15H16O4/c1-9-7-11(13-5-6-14(17-3)19-13)12(8-10(9)2)15(16)18-4/h5-8H,1-4H3. The Balaban J connectivity index is 2.60. The smallest absolute Gasteiger partial charge is 0.338 e. The number of methoxy groups -OCH3 is 2. The number of carbonyl (C=O) groups is 1. The quantitative estimate of drug-likeness (QED) is 0.794. The van der Waals surface area contributed by atoms with Crippen molar-refractivity contribution in [1.29, 1.82) is 0 Å². The maximum absolute atomic E-state index is 11.9. The van der Waals surface area contributed by atoms with Gasteiger partial charge in [-0.1, -0.05) is 0 Å². The van der Waals surface area contributed by atoms with E-state index in [9.17, 15) is 4.79 Å². The summed E-state index contributed by atoms with van der Waals surface area (Å²) < 4.78 is 15.3. The van der Waals surface area contributed by atoms with Crippen LogP contribution in [0.15, 0.2) is 28.7 Å². The summed E-state index contributed by atoms with van der Waals surface area (Å²) in [5.41, 5.74) is 3.31. The first-order valence-corrected chi connectivity index (χ1v) is 5.90. The van der Waals surface area contributed by atoms with Crippen LogP contribution in [0.2, 0.25) is 0 Å². The molecule has 2 rings (SSSR count). The third kappa shape index (κ3) is 2.47. The molecule has 0 atom stereocenters. The van der Waals surface area contributed by atoms with E-state index in [4.69, 9.17) is 13.9 Å². The van der Waals surface area contributed by atoms with Gasteiger partial charge in [-0.15, -0.1) is 0 Å². The molecule has 0 saturated heterocycles. The first kappa shape index (κ1) is 13.2. The Labute approximate surface area is 111 Å². The Bertz CT molecular complexity index is 611. The molecule has 0 aliphatic heterocycles. The van der Waals surface area contributed by atoms with E-state index < -0.39 is 0 Å². The van der Waals surface area contributed by atoms with E-state index in [-0.39, 0.29) is 5.97 Å². The van der Waals surface area contributed by atoms with Gasteiger partial charge >= 0.3 is 5.97 Å². The zero-order chi connectivity index (χ0) is 14.0. The van der Waals surface area contributed by atoms with Gasteiger partial charge in [-0.05, 0) is 43.2 Å². The summed E-state index contributed by atoms with van der Waals surface area (Å²) in [6.07, 6.45) is 0. The van der Waals surface area contributed by atoms with Gasteiger partial charge in [-0.2, -0.15) is 0 Å². The van der Waals surface area contributed by atoms with Crippen LogP contribution in [0.25, 0.3) is 11.3 Å². The Morgan fingerprint density at radius 1 is 1.11 bits per heavy atom. The number of esters is 1. The molecule has 0 bridgehead atoms. The summed E-state index contributed by atoms with van der Waals surface area (Å²) >= 11 is 0. The van der Waals surface area contributed by atoms with Crippen LogP contribution in [0.3, 0.4) is 0 Å². The number of aryl methyl sites for hydroxylation is 2. The number of furan rings is 1. The molecule has 0 fully saturated rings. The summed E-state index contributed by atoms with van der Waals surface area (Å²) in [5, 5.41) is 0. The second kappa shape index (κ2) is 5.18. The Kier molecular flexibility index (Phi) is 3.60. The molecular formula is C15H16O4. The average Bonchev–Trinajstić information content (AvgIpc) is 2.89. The van der Waals surface area contributed by atoms with E-state index in [1.165, 1.54) is 14.2 Å². The molecule has 0 N–H and O–H groups in total. The highest BCUT2D eigenvalue weighted by atomic mass is 16.6. The third-order valence-electron chi connectivity index (χ3n) is 3.09. The second-order valence-corrected chi connectivity index (χ2v) is 4.30. The fourth-order valence-corrected chi connectivity index (χ4v) is 1.87. The van der Waals surface area contributed by atoms with Crippen molar-refractivity contribution in [2.45, 2.75) is 13.8 Å². The minimum atomic E-state index is -0.381. The monoisotopic (exact) mass is 260 g/mol. The summed E-state index contributed by atoms with van der Waals surface area (Å²) in [6, 6.07) is 7.21. The molecule has 1 aromatic heterocycles. The van der Waals surface area contributed by atoms with Crippen molar-refractivity contribution < 1.29 is 18.7 Å². The first-order valence-electron chi connectivity index (χ1n) is 5.90. The van der Waals surface area contributed by atoms with Crippen LogP contribution in [0.5, 0.6) is 5.95 Å². The van der Waals surface area contributed by atoms with Crippen molar-refractivity contribution >= 4 is 5.97 Å². The fraction of sp³-hybridized carbons (Fsp3) is 0.267. The van der Waals surface area contributed by atoms with E-state index in [1.54, 1.807) is 12.1 Å². The second-order valence-electron chi connectivity index (χ2n) is 4.30. The summed E-state index contributed by atoms with van der Waals surface area (Å²) in [7, 11) is 2.90. The minimum Gasteiger partial charge on any atom is -0.468 e. The molecule has 0 aliphatic rings. The molecule has 0 saturated carbocycles. The Morgan fingerprint density at radius 3 is 2.37 bits per heavy atom. The van der Waals surface area contributed by atoms with Crippen LogP contribution in [0.4, 0.5) is 0 Å². The molecule has 4 nitrogen and oxygen atoms in total. The normalized spacial score (nSPS) is 10.3. The fourth-order valence-electron chi connectivity index (χ4n) is 1.87. The largest absolute Gasteiger partial charge is 0.468 e. The van der Waals surface area contributed by atoms with Crippen molar-refractivity contribution in [2.75, 3.05) is 14.2 Å². The molecule has 0 radical (unpaired) electrons. The predicted octanol–water partition coefficient (Wildman–Crippen LogP) is 3.36. The van der Waals surface area contributed by atoms with Gasteiger partial charge in [0.1, 0.15) is 5.76 Å². The van der Waals surface area contributed by atoms with Crippen LogP contribution in [0.1, 0.15) is 21.5 Å². The van der Waals surface area contributed by atoms with Crippen molar-refractivity contribution in [3.63, 3.8) is 0 Å². The molecule has 0 aliphatic carbocycles. The van der Waals surface area contributed by atoms with Gasteiger partial charge in [0.2, 0.25) is 0 Å². The topological polar surface area (TPSA) is 48.7 Å². The third-order valence-corrected chi connectivity index (χ3v) is 3.09. The molecule has 1 heterocycles. The zero-order valence-electron chi connectivity index (χ0n) is 11.4. The summed E-state index contributed by atoms with van der Waals surface area (Å²) in [5.74, 6) is 0.609. The highest BCUT2D eigenvalue weighted by Gasteiger charge is 2.17. The van der Waals surface area contributed by atoms with Crippen molar-refractivity contribution in [2.24, 2.45) is 0 Å². The molecule has 100 valence electrons. The highest BCUT2D eigenvalue weighted by molar-refractivity contribution is 5.97. The Morgan fingerprint density at radius 2 is 1.79 bits per heavy atom. The molecule has 0 unspecified atom stereocenters. The van der Waals surface area contributed by atoms with Crippen molar-refractivity contribution in [1.82, 2.24) is 0 Å². The minimum absolute atomic E-state index is 0.381. The van der Waals surface area contributed by atoms with Gasteiger partial charge in [-0.25, -0.2) is 4.79 Å². The van der Waals surface area contributed by atoms with Gasteiger partial charge < -0.3 is 13.9 Å². The summed E-state index contributed by atoms with van der Waals surface area (Å²) in [4.78, 5) is 11.9. The molecule has 4 heteroatoms. The molecule has 1 aromatic carbocycles. The maximum atomic E-state index is 11.9. The van der Waals surface area contributed by atoms with Crippen molar-refractivity contribution in [3.05, 3.63) is 41.0 Å². The lowest BCUT2D eigenvalue weighted by molar-refractivity contribution is 0.0601. The lowest BCUT2D eigenvalue weighted by atomic mass is 9.98. The molecule has 0 amide bonds. The first-order chi connectivity index (χ1) is 9.06. The van der Waals surface area contributed by atoms with Gasteiger partial charge in [0, 0.05) is 11.6 Å². The summed E-state index contributed by atoms with van der Waals surface area (Å²) in [6.45, 7) is 3.94. The number of carbonyl (C=O) groups excluding carboxylic acids is 1. The van der Waals surface area contributed by atoms with E-state index in [2.05, 4.69) is 0 Å². The van der Waals surface area contributed by atoms with E-state index in [0.717, 1.165) is 11.1 Å². The van der Waals surface area contributed by atoms with Gasteiger partial charge in [0.15, 0.2) is 0 Å². The van der Waals surface area contributed by atoms with Crippen LogP contribution in [-0.2, 0) is 4.74 Å². The van der Waals surface area contributed by atoms with Crippen LogP contribution in [0, 0.1) is 13.8 Å². The SMILES string of the molecule is COC(=O)c1cc(C)c(C)cc1-c1ccc(OC)o1. The van der Waals surface area contributed by atoms with Crippen LogP contribution in [-0.4, -0.2) is 20.2 Å². The predicted molar refractivity (Wildman–Crippen MR) is 71.5 cm³/mol. The molecule has 19 heavy (non-hydrogen) atoms. The van der Waals surface area contributed by atoms with Crippen molar-refractivity contribution in [3.8, 4) is 17.3 Å². The highest BCUT2D eigenvalue weighted by Crippen LogP contribution is 2.31.